The van der Waals surface area contributed by atoms with Gasteiger partial charge in [-0.15, -0.1) is 6.58 Å². The van der Waals surface area contributed by atoms with E-state index in [2.05, 4.69) is 13.5 Å². The first kappa shape index (κ1) is 20.3. The van der Waals surface area contributed by atoms with Gasteiger partial charge in [0.1, 0.15) is 5.41 Å². The average molecular weight is 356 g/mol. The summed E-state index contributed by atoms with van der Waals surface area (Å²) in [4.78, 5) is 0. The first-order chi connectivity index (χ1) is 12.0. The van der Waals surface area contributed by atoms with E-state index in [-0.39, 0.29) is 0 Å². The van der Waals surface area contributed by atoms with Crippen LogP contribution in [0.25, 0.3) is 0 Å². The summed E-state index contributed by atoms with van der Waals surface area (Å²) in [6.07, 6.45) is 13.9. The Morgan fingerprint density at radius 3 is 2.44 bits per heavy atom. The van der Waals surface area contributed by atoms with Gasteiger partial charge in [-0.1, -0.05) is 70.1 Å². The third kappa shape index (κ3) is 3.74. The van der Waals surface area contributed by atoms with Crippen LogP contribution in [-0.2, 0) is 4.74 Å². The average Bonchev–Trinajstić information content (AvgIpc) is 2.61. The monoisotopic (exact) mass is 356 g/mol. The van der Waals surface area contributed by atoms with E-state index in [0.29, 0.717) is 19.4 Å². The van der Waals surface area contributed by atoms with E-state index in [0.717, 1.165) is 51.0 Å². The van der Waals surface area contributed by atoms with Crippen molar-refractivity contribution in [3.63, 3.8) is 0 Å². The molecule has 0 heterocycles. The van der Waals surface area contributed by atoms with Gasteiger partial charge in [-0.05, 0) is 25.3 Å². The van der Waals surface area contributed by atoms with Crippen molar-refractivity contribution in [2.75, 3.05) is 6.61 Å². The highest BCUT2D eigenvalue weighted by molar-refractivity contribution is 5.37. The van der Waals surface area contributed by atoms with Gasteiger partial charge in [-0.2, -0.15) is 8.78 Å². The minimum atomic E-state index is -3.62. The quantitative estimate of drug-likeness (QED) is 0.322. The summed E-state index contributed by atoms with van der Waals surface area (Å²) in [5, 5.41) is 0. The van der Waals surface area contributed by atoms with Gasteiger partial charge in [-0.25, -0.2) is 4.39 Å². The van der Waals surface area contributed by atoms with Crippen LogP contribution in [0.4, 0.5) is 13.2 Å². The van der Waals surface area contributed by atoms with E-state index in [9.17, 15) is 13.2 Å². The number of ether oxygens (including phenoxy) is 1. The van der Waals surface area contributed by atoms with Gasteiger partial charge in [0.15, 0.2) is 5.83 Å². The van der Waals surface area contributed by atoms with Crippen molar-refractivity contribution in [3.05, 3.63) is 36.7 Å². The zero-order valence-corrected chi connectivity index (χ0v) is 15.3. The number of unbranched alkanes of at least 4 members (excludes halogenated alkanes) is 4. The number of alkyl halides is 2. The van der Waals surface area contributed by atoms with Crippen molar-refractivity contribution in [1.82, 2.24) is 0 Å². The molecule has 2 aliphatic carbocycles. The Balaban J connectivity index is 2.21. The van der Waals surface area contributed by atoms with E-state index >= 15 is 0 Å². The molecular formula is C21H31F3O. The number of rotatable bonds is 9. The molecule has 25 heavy (non-hydrogen) atoms. The van der Waals surface area contributed by atoms with Crippen molar-refractivity contribution >= 4 is 0 Å². The normalized spacial score (nSPS) is 27.8. The van der Waals surface area contributed by atoms with Crippen LogP contribution in [0.2, 0.25) is 0 Å². The molecule has 0 aromatic rings. The first-order valence-electron chi connectivity index (χ1n) is 9.66. The summed E-state index contributed by atoms with van der Waals surface area (Å²) < 4.78 is 50.2. The lowest BCUT2D eigenvalue weighted by atomic mass is 9.60. The molecule has 0 aromatic heterocycles. The highest BCUT2D eigenvalue weighted by atomic mass is 19.3. The highest BCUT2D eigenvalue weighted by Crippen LogP contribution is 2.59. The van der Waals surface area contributed by atoms with Crippen molar-refractivity contribution in [2.24, 2.45) is 5.41 Å². The van der Waals surface area contributed by atoms with Crippen LogP contribution in [0.5, 0.6) is 0 Å². The van der Waals surface area contributed by atoms with Gasteiger partial charge >= 0.3 is 5.92 Å². The number of allylic oxidation sites excluding steroid dienone is 3. The summed E-state index contributed by atoms with van der Waals surface area (Å²) in [5.41, 5.74) is -2.90. The summed E-state index contributed by atoms with van der Waals surface area (Å²) in [6, 6.07) is 0. The highest BCUT2D eigenvalue weighted by Gasteiger charge is 2.66. The number of hydrogen-bond donors (Lipinski definition) is 0. The summed E-state index contributed by atoms with van der Waals surface area (Å²) in [6.45, 7) is 6.26. The topological polar surface area (TPSA) is 9.23 Å². The molecule has 4 heteroatoms. The SMILES string of the molecule is C=CC1(C2(OCCCCCCC)CCCCC2)C=CC=C(F)C1(F)F. The van der Waals surface area contributed by atoms with E-state index in [1.165, 1.54) is 24.6 Å². The fourth-order valence-corrected chi connectivity index (χ4v) is 4.28. The lowest BCUT2D eigenvalue weighted by Crippen LogP contribution is -2.59. The predicted molar refractivity (Wildman–Crippen MR) is 96.4 cm³/mol. The van der Waals surface area contributed by atoms with E-state index in [4.69, 9.17) is 4.74 Å². The summed E-state index contributed by atoms with van der Waals surface area (Å²) in [5.74, 6) is -5.02. The van der Waals surface area contributed by atoms with Gasteiger partial charge in [0.2, 0.25) is 0 Å². The Bertz CT molecular complexity index is 503. The van der Waals surface area contributed by atoms with Crippen LogP contribution in [0.15, 0.2) is 36.7 Å². The molecule has 0 aliphatic heterocycles. The zero-order valence-electron chi connectivity index (χ0n) is 15.3. The summed E-state index contributed by atoms with van der Waals surface area (Å²) >= 11 is 0. The molecule has 0 bridgehead atoms. The van der Waals surface area contributed by atoms with Gasteiger partial charge in [0, 0.05) is 6.61 Å². The maximum absolute atomic E-state index is 15.0. The molecule has 2 aliphatic rings. The maximum atomic E-state index is 15.0. The van der Waals surface area contributed by atoms with Crippen molar-refractivity contribution < 1.29 is 17.9 Å². The third-order valence-electron chi connectivity index (χ3n) is 5.78. The second-order valence-corrected chi connectivity index (χ2v) is 7.34. The van der Waals surface area contributed by atoms with Crippen LogP contribution in [0.3, 0.4) is 0 Å². The Morgan fingerprint density at radius 1 is 1.12 bits per heavy atom. The van der Waals surface area contributed by atoms with Crippen LogP contribution < -0.4 is 0 Å². The minimum Gasteiger partial charge on any atom is -0.374 e. The molecule has 0 saturated heterocycles. The Kier molecular flexibility index (Phi) is 6.95. The molecule has 0 spiro atoms. The van der Waals surface area contributed by atoms with Gasteiger partial charge in [0.05, 0.1) is 5.60 Å². The molecule has 1 atom stereocenters. The van der Waals surface area contributed by atoms with Crippen molar-refractivity contribution in [2.45, 2.75) is 82.7 Å². The largest absolute Gasteiger partial charge is 0.374 e. The smallest absolute Gasteiger partial charge is 0.313 e. The molecule has 1 fully saturated rings. The van der Waals surface area contributed by atoms with E-state index in [1.807, 2.05) is 0 Å². The maximum Gasteiger partial charge on any atom is 0.313 e. The van der Waals surface area contributed by atoms with E-state index in [1.54, 1.807) is 0 Å². The molecule has 1 nitrogen and oxygen atoms in total. The Hall–Kier alpha value is -1.03. The van der Waals surface area contributed by atoms with Crippen LogP contribution in [-0.4, -0.2) is 18.1 Å². The predicted octanol–water partition coefficient (Wildman–Crippen LogP) is 6.91. The fraction of sp³-hybridized carbons (Fsp3) is 0.714. The fourth-order valence-electron chi connectivity index (χ4n) is 4.28. The van der Waals surface area contributed by atoms with Crippen molar-refractivity contribution in [3.8, 4) is 0 Å². The molecule has 0 N–H and O–H groups in total. The second kappa shape index (κ2) is 8.57. The molecule has 1 unspecified atom stereocenters. The van der Waals surface area contributed by atoms with Crippen LogP contribution in [0.1, 0.15) is 71.1 Å². The minimum absolute atomic E-state index is 0.439. The third-order valence-corrected chi connectivity index (χ3v) is 5.78. The molecule has 2 rings (SSSR count). The van der Waals surface area contributed by atoms with Gasteiger partial charge in [0.25, 0.3) is 0 Å². The molecule has 142 valence electrons. The molecular weight excluding hydrogens is 325 g/mol. The Morgan fingerprint density at radius 2 is 1.80 bits per heavy atom. The van der Waals surface area contributed by atoms with E-state index < -0.39 is 22.8 Å². The molecule has 0 amide bonds. The second-order valence-electron chi connectivity index (χ2n) is 7.34. The number of halogens is 3. The number of hydrogen-bond acceptors (Lipinski definition) is 1. The standard InChI is InChI=1S/C21H31F3O/c1-3-5-6-7-11-17-25-20(15-9-8-10-16-20)19(4-2)14-12-13-18(22)21(19,23)24/h4,12-14H,2-3,5-11,15-17H2,1H3. The lowest BCUT2D eigenvalue weighted by molar-refractivity contribution is -0.200. The van der Waals surface area contributed by atoms with Gasteiger partial charge in [-0.3, -0.25) is 0 Å². The van der Waals surface area contributed by atoms with Crippen LogP contribution in [0, 0.1) is 5.41 Å². The van der Waals surface area contributed by atoms with Crippen molar-refractivity contribution in [1.29, 1.82) is 0 Å². The Labute approximate surface area is 150 Å². The van der Waals surface area contributed by atoms with Crippen LogP contribution >= 0.6 is 0 Å². The molecule has 1 saturated carbocycles. The lowest BCUT2D eigenvalue weighted by Gasteiger charge is -2.53. The summed E-state index contributed by atoms with van der Waals surface area (Å²) in [7, 11) is 0. The first-order valence-corrected chi connectivity index (χ1v) is 9.66. The zero-order chi connectivity index (χ0) is 18.4. The van der Waals surface area contributed by atoms with Gasteiger partial charge < -0.3 is 4.74 Å². The molecule has 0 radical (unpaired) electrons. The molecule has 0 aromatic carbocycles.